The Morgan fingerprint density at radius 3 is 2.24 bits per heavy atom. The first-order chi connectivity index (χ1) is 7.89. The number of hydrogen-bond acceptors (Lipinski definition) is 3. The van der Waals surface area contributed by atoms with Crippen molar-refractivity contribution in [1.82, 2.24) is 9.55 Å². The number of rotatable bonds is 2. The number of hydrogen-bond donors (Lipinski definition) is 0. The number of imidazole rings is 1. The Kier molecular flexibility index (Phi) is 3.26. The van der Waals surface area contributed by atoms with Crippen LogP contribution in [-0.2, 0) is 16.9 Å². The average molecular weight is 362 g/mol. The van der Waals surface area contributed by atoms with Gasteiger partial charge in [0, 0.05) is 18.9 Å². The second kappa shape index (κ2) is 4.41. The van der Waals surface area contributed by atoms with Gasteiger partial charge >= 0.3 is 0 Å². The van der Waals surface area contributed by atoms with Gasteiger partial charge in [0.25, 0.3) is 0 Å². The Morgan fingerprint density at radius 1 is 1.24 bits per heavy atom. The van der Waals surface area contributed by atoms with E-state index in [0.29, 0.717) is 4.90 Å². The molecule has 4 nitrogen and oxygen atoms in total. The zero-order chi connectivity index (χ0) is 12.6. The van der Waals surface area contributed by atoms with Gasteiger partial charge in [0.2, 0.25) is 0 Å². The second-order valence-corrected chi connectivity index (χ2v) is 6.83. The molecular formula is C11H11IN2O2S. The molecule has 1 heterocycles. The topological polar surface area (TPSA) is 52.0 Å². The molecule has 0 N–H and O–H groups in total. The third-order valence-corrected chi connectivity index (χ3v) is 4.82. The standard InChI is InChI=1S/C11H11IN2O2S/c1-14-7-13-10(11(14)12)8-3-5-9(6-4-8)17(2,15)16/h3-7H,1-2H3. The summed E-state index contributed by atoms with van der Waals surface area (Å²) in [5.41, 5.74) is 1.79. The normalized spacial score (nSPS) is 11.7. The lowest BCUT2D eigenvalue weighted by atomic mass is 10.2. The minimum atomic E-state index is -3.13. The van der Waals surface area contributed by atoms with Crippen LogP contribution in [0.15, 0.2) is 35.5 Å². The van der Waals surface area contributed by atoms with Crippen LogP contribution in [0.5, 0.6) is 0 Å². The molecule has 0 radical (unpaired) electrons. The van der Waals surface area contributed by atoms with E-state index >= 15 is 0 Å². The van der Waals surface area contributed by atoms with Gasteiger partial charge in [-0.15, -0.1) is 0 Å². The lowest BCUT2D eigenvalue weighted by Gasteiger charge is -2.01. The van der Waals surface area contributed by atoms with E-state index in [2.05, 4.69) is 27.6 Å². The fraction of sp³-hybridized carbons (Fsp3) is 0.182. The summed E-state index contributed by atoms with van der Waals surface area (Å²) in [6.07, 6.45) is 2.94. The van der Waals surface area contributed by atoms with Gasteiger partial charge in [-0.2, -0.15) is 0 Å². The van der Waals surface area contributed by atoms with Crippen LogP contribution in [0.2, 0.25) is 0 Å². The van der Waals surface area contributed by atoms with Crippen LogP contribution in [-0.4, -0.2) is 24.2 Å². The summed E-state index contributed by atoms with van der Waals surface area (Å²) in [6, 6.07) is 6.77. The maximum absolute atomic E-state index is 11.3. The first kappa shape index (κ1) is 12.6. The van der Waals surface area contributed by atoms with E-state index in [1.165, 1.54) is 6.26 Å². The van der Waals surface area contributed by atoms with E-state index in [1.807, 2.05) is 11.6 Å². The van der Waals surface area contributed by atoms with Crippen molar-refractivity contribution in [3.05, 3.63) is 34.3 Å². The Bertz CT molecular complexity index is 645. The number of aryl methyl sites for hydroxylation is 1. The van der Waals surface area contributed by atoms with Crippen LogP contribution in [0.1, 0.15) is 0 Å². The Hall–Kier alpha value is -0.890. The molecule has 0 aliphatic heterocycles. The van der Waals surface area contributed by atoms with Gasteiger partial charge < -0.3 is 4.57 Å². The molecule has 0 fully saturated rings. The predicted octanol–water partition coefficient (Wildman–Crippen LogP) is 2.10. The summed E-state index contributed by atoms with van der Waals surface area (Å²) in [5.74, 6) is 0. The number of halogens is 1. The Morgan fingerprint density at radius 2 is 1.82 bits per heavy atom. The largest absolute Gasteiger partial charge is 0.329 e. The lowest BCUT2D eigenvalue weighted by molar-refractivity contribution is 0.602. The second-order valence-electron chi connectivity index (χ2n) is 3.79. The van der Waals surface area contributed by atoms with E-state index in [0.717, 1.165) is 15.0 Å². The maximum Gasteiger partial charge on any atom is 0.175 e. The van der Waals surface area contributed by atoms with Gasteiger partial charge in [-0.25, -0.2) is 13.4 Å². The summed E-state index contributed by atoms with van der Waals surface area (Å²) in [5, 5.41) is 0. The number of sulfone groups is 1. The highest BCUT2D eigenvalue weighted by Gasteiger charge is 2.10. The fourth-order valence-corrected chi connectivity index (χ4v) is 2.67. The van der Waals surface area contributed by atoms with E-state index in [-0.39, 0.29) is 0 Å². The van der Waals surface area contributed by atoms with Crippen molar-refractivity contribution < 1.29 is 8.42 Å². The van der Waals surface area contributed by atoms with Gasteiger partial charge in [0.15, 0.2) is 9.84 Å². The van der Waals surface area contributed by atoms with Crippen molar-refractivity contribution in [2.75, 3.05) is 6.26 Å². The SMILES string of the molecule is Cn1cnc(-c2ccc(S(C)(=O)=O)cc2)c1I. The molecule has 0 bridgehead atoms. The fourth-order valence-electron chi connectivity index (χ4n) is 1.47. The van der Waals surface area contributed by atoms with Crippen molar-refractivity contribution in [2.24, 2.45) is 7.05 Å². The molecule has 0 saturated carbocycles. The highest BCUT2D eigenvalue weighted by molar-refractivity contribution is 14.1. The van der Waals surface area contributed by atoms with Gasteiger partial charge in [-0.1, -0.05) is 12.1 Å². The van der Waals surface area contributed by atoms with Crippen molar-refractivity contribution >= 4 is 32.4 Å². The molecule has 1 aromatic carbocycles. The highest BCUT2D eigenvalue weighted by Crippen LogP contribution is 2.24. The van der Waals surface area contributed by atoms with Crippen molar-refractivity contribution in [3.8, 4) is 11.3 Å². The molecule has 0 aliphatic carbocycles. The molecule has 0 amide bonds. The molecule has 2 aromatic rings. The van der Waals surface area contributed by atoms with Gasteiger partial charge in [0.05, 0.1) is 11.2 Å². The van der Waals surface area contributed by atoms with Crippen LogP contribution in [0.25, 0.3) is 11.3 Å². The molecule has 2 rings (SSSR count). The zero-order valence-corrected chi connectivity index (χ0v) is 12.4. The van der Waals surface area contributed by atoms with Crippen molar-refractivity contribution in [3.63, 3.8) is 0 Å². The zero-order valence-electron chi connectivity index (χ0n) is 9.38. The van der Waals surface area contributed by atoms with Crippen LogP contribution in [0.3, 0.4) is 0 Å². The summed E-state index contributed by atoms with van der Waals surface area (Å²) in [6.45, 7) is 0. The van der Waals surface area contributed by atoms with Gasteiger partial charge in [-0.3, -0.25) is 0 Å². The first-order valence-electron chi connectivity index (χ1n) is 4.87. The third-order valence-electron chi connectivity index (χ3n) is 2.42. The smallest absolute Gasteiger partial charge is 0.175 e. The molecule has 90 valence electrons. The van der Waals surface area contributed by atoms with E-state index in [4.69, 9.17) is 0 Å². The van der Waals surface area contributed by atoms with E-state index < -0.39 is 9.84 Å². The molecule has 17 heavy (non-hydrogen) atoms. The average Bonchev–Trinajstić information content (AvgIpc) is 2.59. The van der Waals surface area contributed by atoms with Crippen LogP contribution < -0.4 is 0 Å². The van der Waals surface area contributed by atoms with E-state index in [9.17, 15) is 8.42 Å². The Balaban J connectivity index is 2.46. The van der Waals surface area contributed by atoms with Crippen LogP contribution >= 0.6 is 22.6 Å². The lowest BCUT2D eigenvalue weighted by Crippen LogP contribution is -1.96. The molecule has 0 saturated heterocycles. The third kappa shape index (κ3) is 2.52. The molecule has 0 spiro atoms. The van der Waals surface area contributed by atoms with Gasteiger partial charge in [-0.05, 0) is 34.7 Å². The molecule has 0 atom stereocenters. The summed E-state index contributed by atoms with van der Waals surface area (Å²) < 4.78 is 25.6. The summed E-state index contributed by atoms with van der Waals surface area (Å²) >= 11 is 2.21. The molecule has 0 unspecified atom stereocenters. The number of benzene rings is 1. The molecule has 0 aliphatic rings. The van der Waals surface area contributed by atoms with Gasteiger partial charge in [0.1, 0.15) is 9.39 Å². The van der Waals surface area contributed by atoms with Crippen molar-refractivity contribution in [1.29, 1.82) is 0 Å². The highest BCUT2D eigenvalue weighted by atomic mass is 127. The van der Waals surface area contributed by atoms with Crippen molar-refractivity contribution in [2.45, 2.75) is 4.90 Å². The molecule has 6 heteroatoms. The minimum absolute atomic E-state index is 0.326. The summed E-state index contributed by atoms with van der Waals surface area (Å²) in [7, 11) is -1.21. The maximum atomic E-state index is 11.3. The first-order valence-corrected chi connectivity index (χ1v) is 7.84. The minimum Gasteiger partial charge on any atom is -0.329 e. The quantitative estimate of drug-likeness (QED) is 0.769. The van der Waals surface area contributed by atoms with Crippen LogP contribution in [0, 0.1) is 3.70 Å². The molecule has 1 aromatic heterocycles. The number of aromatic nitrogens is 2. The summed E-state index contributed by atoms with van der Waals surface area (Å²) in [4.78, 5) is 4.61. The Labute approximate surface area is 114 Å². The predicted molar refractivity (Wildman–Crippen MR) is 74.5 cm³/mol. The van der Waals surface area contributed by atoms with Crippen LogP contribution in [0.4, 0.5) is 0 Å². The number of nitrogens with zero attached hydrogens (tertiary/aromatic N) is 2. The molecular weight excluding hydrogens is 351 g/mol. The van der Waals surface area contributed by atoms with E-state index in [1.54, 1.807) is 30.6 Å². The monoisotopic (exact) mass is 362 g/mol.